The van der Waals surface area contributed by atoms with Gasteiger partial charge in [-0.1, -0.05) is 0 Å². The van der Waals surface area contributed by atoms with Crippen molar-refractivity contribution in [1.29, 1.82) is 0 Å². The lowest BCUT2D eigenvalue weighted by Gasteiger charge is -2.25. The van der Waals surface area contributed by atoms with Crippen molar-refractivity contribution in [1.82, 2.24) is 18.7 Å². The molecule has 23 heavy (non-hydrogen) atoms. The van der Waals surface area contributed by atoms with Crippen molar-refractivity contribution >= 4 is 11.2 Å². The van der Waals surface area contributed by atoms with E-state index in [0.717, 1.165) is 17.7 Å². The van der Waals surface area contributed by atoms with E-state index in [0.29, 0.717) is 24.3 Å². The molecule has 8 nitrogen and oxygen atoms in total. The number of aliphatic hydroxyl groups is 1. The summed E-state index contributed by atoms with van der Waals surface area (Å²) in [4.78, 5) is 29.9. The molecule has 0 amide bonds. The molecule has 1 aliphatic rings. The van der Waals surface area contributed by atoms with E-state index in [1.165, 1.54) is 42.1 Å². The SMILES string of the molecule is Cn1c(=O)c2c(ncn2C[C@@H](O)C[NH+]2CCCCC2)n(C)c1=O. The summed E-state index contributed by atoms with van der Waals surface area (Å²) in [6, 6.07) is 0. The van der Waals surface area contributed by atoms with Gasteiger partial charge in [-0.25, -0.2) is 9.78 Å². The summed E-state index contributed by atoms with van der Waals surface area (Å²) in [5.41, 5.74) is -0.0536. The van der Waals surface area contributed by atoms with Crippen molar-refractivity contribution < 1.29 is 10.0 Å². The second-order valence-electron chi connectivity index (χ2n) is 6.44. The first-order valence-electron chi connectivity index (χ1n) is 8.11. The van der Waals surface area contributed by atoms with E-state index in [2.05, 4.69) is 4.98 Å². The third kappa shape index (κ3) is 2.96. The molecule has 1 saturated heterocycles. The maximum Gasteiger partial charge on any atom is 0.332 e. The van der Waals surface area contributed by atoms with Crippen molar-refractivity contribution in [2.24, 2.45) is 14.1 Å². The average Bonchev–Trinajstić information content (AvgIpc) is 2.95. The molecule has 126 valence electrons. The minimum Gasteiger partial charge on any atom is -0.385 e. The lowest BCUT2D eigenvalue weighted by atomic mass is 10.1. The molecule has 3 heterocycles. The van der Waals surface area contributed by atoms with Crippen molar-refractivity contribution in [3.8, 4) is 0 Å². The molecule has 8 heteroatoms. The zero-order valence-corrected chi connectivity index (χ0v) is 13.7. The van der Waals surface area contributed by atoms with Gasteiger partial charge in [0.2, 0.25) is 0 Å². The fourth-order valence-electron chi connectivity index (χ4n) is 3.42. The van der Waals surface area contributed by atoms with E-state index in [1.807, 2.05) is 0 Å². The van der Waals surface area contributed by atoms with Crippen LogP contribution in [0.25, 0.3) is 11.2 Å². The van der Waals surface area contributed by atoms with Crippen LogP contribution in [-0.2, 0) is 20.6 Å². The molecular formula is C15H24N5O3+. The highest BCUT2D eigenvalue weighted by Gasteiger charge is 2.20. The number of rotatable bonds is 4. The first-order chi connectivity index (χ1) is 11.0. The summed E-state index contributed by atoms with van der Waals surface area (Å²) in [6.45, 7) is 3.18. The fraction of sp³-hybridized carbons (Fsp3) is 0.667. The zero-order chi connectivity index (χ0) is 16.6. The Bertz CT molecular complexity index is 813. The molecular weight excluding hydrogens is 298 g/mol. The van der Waals surface area contributed by atoms with Gasteiger partial charge >= 0.3 is 5.69 Å². The maximum absolute atomic E-state index is 12.4. The maximum atomic E-state index is 12.4. The van der Waals surface area contributed by atoms with Crippen molar-refractivity contribution in [3.63, 3.8) is 0 Å². The average molecular weight is 322 g/mol. The van der Waals surface area contributed by atoms with Gasteiger partial charge in [0.15, 0.2) is 11.2 Å². The number of hydrogen-bond acceptors (Lipinski definition) is 4. The number of hydrogen-bond donors (Lipinski definition) is 2. The lowest BCUT2D eigenvalue weighted by molar-refractivity contribution is -0.908. The van der Waals surface area contributed by atoms with Crippen LogP contribution in [0, 0.1) is 0 Å². The number of aliphatic hydroxyl groups excluding tert-OH is 1. The number of aromatic nitrogens is 4. The Labute approximate surface area is 133 Å². The summed E-state index contributed by atoms with van der Waals surface area (Å²) in [7, 11) is 3.05. The molecule has 0 spiro atoms. The number of imidazole rings is 1. The van der Waals surface area contributed by atoms with E-state index < -0.39 is 11.8 Å². The van der Waals surface area contributed by atoms with E-state index >= 15 is 0 Å². The Kier molecular flexibility index (Phi) is 4.36. The van der Waals surface area contributed by atoms with Gasteiger partial charge in [0, 0.05) is 14.1 Å². The van der Waals surface area contributed by atoms with Crippen LogP contribution in [0.15, 0.2) is 15.9 Å². The quantitative estimate of drug-likeness (QED) is 0.673. The predicted molar refractivity (Wildman–Crippen MR) is 85.6 cm³/mol. The zero-order valence-electron chi connectivity index (χ0n) is 13.7. The second-order valence-corrected chi connectivity index (χ2v) is 6.44. The van der Waals surface area contributed by atoms with Crippen molar-refractivity contribution in [2.45, 2.75) is 31.9 Å². The molecule has 2 aromatic heterocycles. The monoisotopic (exact) mass is 322 g/mol. The molecule has 2 aromatic rings. The van der Waals surface area contributed by atoms with Gasteiger partial charge in [0.1, 0.15) is 12.6 Å². The summed E-state index contributed by atoms with van der Waals surface area (Å²) >= 11 is 0. The number of quaternary nitrogens is 1. The van der Waals surface area contributed by atoms with E-state index in [1.54, 1.807) is 11.6 Å². The van der Waals surface area contributed by atoms with E-state index in [4.69, 9.17) is 0 Å². The third-order valence-electron chi connectivity index (χ3n) is 4.71. The molecule has 3 rings (SSSR count). The first-order valence-corrected chi connectivity index (χ1v) is 8.11. The first kappa shape index (κ1) is 15.9. The molecule has 0 saturated carbocycles. The summed E-state index contributed by atoms with van der Waals surface area (Å²) < 4.78 is 4.09. The highest BCUT2D eigenvalue weighted by Crippen LogP contribution is 2.06. The minimum absolute atomic E-state index is 0.313. The Hall–Kier alpha value is -1.93. The van der Waals surface area contributed by atoms with Crippen molar-refractivity contribution in [2.75, 3.05) is 19.6 Å². The molecule has 0 unspecified atom stereocenters. The van der Waals surface area contributed by atoms with Gasteiger partial charge < -0.3 is 14.6 Å². The summed E-state index contributed by atoms with van der Waals surface area (Å²) in [6.07, 6.45) is 4.68. The minimum atomic E-state index is -0.539. The highest BCUT2D eigenvalue weighted by molar-refractivity contribution is 5.69. The Morgan fingerprint density at radius 2 is 1.91 bits per heavy atom. The fourth-order valence-corrected chi connectivity index (χ4v) is 3.42. The Morgan fingerprint density at radius 1 is 1.22 bits per heavy atom. The number of nitrogens with zero attached hydrogens (tertiary/aromatic N) is 4. The molecule has 1 aliphatic heterocycles. The van der Waals surface area contributed by atoms with E-state index in [-0.39, 0.29) is 5.56 Å². The number of likely N-dealkylation sites (tertiary alicyclic amines) is 1. The van der Waals surface area contributed by atoms with Crippen LogP contribution >= 0.6 is 0 Å². The predicted octanol–water partition coefficient (Wildman–Crippen LogP) is -2.14. The van der Waals surface area contributed by atoms with Crippen LogP contribution < -0.4 is 16.1 Å². The van der Waals surface area contributed by atoms with Gasteiger partial charge in [0.05, 0.1) is 26.0 Å². The van der Waals surface area contributed by atoms with E-state index in [9.17, 15) is 14.7 Å². The van der Waals surface area contributed by atoms with Gasteiger partial charge in [-0.05, 0) is 19.3 Å². The Balaban J connectivity index is 1.86. The second kappa shape index (κ2) is 6.29. The third-order valence-corrected chi connectivity index (χ3v) is 4.71. The molecule has 2 N–H and O–H groups in total. The highest BCUT2D eigenvalue weighted by atomic mass is 16.3. The van der Waals surface area contributed by atoms with Crippen LogP contribution in [0.2, 0.25) is 0 Å². The van der Waals surface area contributed by atoms with Crippen molar-refractivity contribution in [3.05, 3.63) is 27.2 Å². The van der Waals surface area contributed by atoms with Gasteiger partial charge in [-0.15, -0.1) is 0 Å². The normalized spacial score (nSPS) is 17.7. The lowest BCUT2D eigenvalue weighted by Crippen LogP contribution is -3.13. The van der Waals surface area contributed by atoms with Gasteiger partial charge in [-0.2, -0.15) is 0 Å². The van der Waals surface area contributed by atoms with Crippen LogP contribution in [0.3, 0.4) is 0 Å². The standard InChI is InChI=1S/C15H23N5O3/c1-17-13-12(14(22)18(2)15(17)23)20(10-16-13)9-11(21)8-19-6-4-3-5-7-19/h10-11,21H,3-9H2,1-2H3/p+1/t11-/m0/s1. The number of fused-ring (bicyclic) bond motifs is 1. The summed E-state index contributed by atoms with van der Waals surface area (Å²) in [5, 5.41) is 10.4. The van der Waals surface area contributed by atoms with Crippen LogP contribution in [-0.4, -0.2) is 49.5 Å². The van der Waals surface area contributed by atoms with Gasteiger partial charge in [0.25, 0.3) is 5.56 Å². The van der Waals surface area contributed by atoms with Crippen LogP contribution in [0.4, 0.5) is 0 Å². The van der Waals surface area contributed by atoms with Crippen LogP contribution in [0.5, 0.6) is 0 Å². The molecule has 0 radical (unpaired) electrons. The molecule has 0 aromatic carbocycles. The molecule has 1 atom stereocenters. The Morgan fingerprint density at radius 3 is 2.61 bits per heavy atom. The summed E-state index contributed by atoms with van der Waals surface area (Å²) in [5.74, 6) is 0. The molecule has 0 aliphatic carbocycles. The van der Waals surface area contributed by atoms with Crippen LogP contribution in [0.1, 0.15) is 19.3 Å². The smallest absolute Gasteiger partial charge is 0.332 e. The number of nitrogens with one attached hydrogen (secondary N) is 1. The number of aryl methyl sites for hydroxylation is 1. The molecule has 1 fully saturated rings. The van der Waals surface area contributed by atoms with Gasteiger partial charge in [-0.3, -0.25) is 13.9 Å². The molecule has 0 bridgehead atoms. The topological polar surface area (TPSA) is 86.5 Å². The number of piperidine rings is 1. The largest absolute Gasteiger partial charge is 0.385 e.